The van der Waals surface area contributed by atoms with Crippen LogP contribution >= 0.6 is 0 Å². The molecule has 1 atom stereocenters. The number of aliphatic carboxylic acids is 1. The first-order valence-corrected chi connectivity index (χ1v) is 14.3. The number of ketones is 1. The molecule has 5 rings (SSSR count). The molecule has 0 bridgehead atoms. The van der Waals surface area contributed by atoms with E-state index < -0.39 is 36.0 Å². The number of imide groups is 1. The number of likely N-dealkylation sites (tertiary alicyclic amines) is 1. The molecule has 1 saturated heterocycles. The summed E-state index contributed by atoms with van der Waals surface area (Å²) in [5.41, 5.74) is 4.45. The monoisotopic (exact) mass is 605 g/mol. The first kappa shape index (κ1) is 32.2. The maximum atomic E-state index is 12.5. The SMILES string of the molecule is O=C(CC(C(=O)O)N1C(=O)CCC1=O)c1ccc(-c2ccccc2)cc1.O=CCCC(=O)Oc1ccc(-c2ccccc2)cc1. The van der Waals surface area contributed by atoms with Crippen molar-refractivity contribution in [3.8, 4) is 28.0 Å². The van der Waals surface area contributed by atoms with Gasteiger partial charge in [0.15, 0.2) is 5.78 Å². The topological polar surface area (TPSA) is 135 Å². The van der Waals surface area contributed by atoms with Gasteiger partial charge in [-0.2, -0.15) is 0 Å². The number of carboxylic acid groups (broad SMARTS) is 1. The summed E-state index contributed by atoms with van der Waals surface area (Å²) in [5.74, 6) is -2.77. The van der Waals surface area contributed by atoms with Crippen molar-refractivity contribution in [3.63, 3.8) is 0 Å². The van der Waals surface area contributed by atoms with Crippen molar-refractivity contribution in [2.45, 2.75) is 38.1 Å². The number of aldehydes is 1. The first-order chi connectivity index (χ1) is 21.8. The van der Waals surface area contributed by atoms with Crippen LogP contribution < -0.4 is 4.74 Å². The molecule has 9 nitrogen and oxygen atoms in total. The van der Waals surface area contributed by atoms with Gasteiger partial charge in [-0.25, -0.2) is 4.79 Å². The maximum absolute atomic E-state index is 12.5. The minimum absolute atomic E-state index is 0.0113. The van der Waals surface area contributed by atoms with Gasteiger partial charge in [-0.05, 0) is 34.4 Å². The molecule has 2 amide bonds. The molecule has 1 unspecified atom stereocenters. The number of hydrogen-bond acceptors (Lipinski definition) is 7. The van der Waals surface area contributed by atoms with Crippen LogP contribution in [0.5, 0.6) is 5.75 Å². The average Bonchev–Trinajstić information content (AvgIpc) is 3.40. The molecule has 1 N–H and O–H groups in total. The zero-order valence-electron chi connectivity index (χ0n) is 24.3. The minimum Gasteiger partial charge on any atom is -0.480 e. The molecule has 1 heterocycles. The number of carbonyl (C=O) groups excluding carboxylic acids is 5. The van der Waals surface area contributed by atoms with Crippen LogP contribution in [0, 0.1) is 0 Å². The van der Waals surface area contributed by atoms with Crippen LogP contribution in [0.3, 0.4) is 0 Å². The van der Waals surface area contributed by atoms with Gasteiger partial charge in [-0.15, -0.1) is 0 Å². The summed E-state index contributed by atoms with van der Waals surface area (Å²) >= 11 is 0. The number of hydrogen-bond donors (Lipinski definition) is 1. The summed E-state index contributed by atoms with van der Waals surface area (Å²) in [6, 6.07) is 32.2. The molecule has 0 spiro atoms. The van der Waals surface area contributed by atoms with E-state index in [2.05, 4.69) is 0 Å². The summed E-state index contributed by atoms with van der Waals surface area (Å²) in [4.78, 5) is 69.7. The molecule has 1 aliphatic heterocycles. The molecule has 4 aromatic carbocycles. The number of amides is 2. The van der Waals surface area contributed by atoms with E-state index in [1.54, 1.807) is 36.4 Å². The van der Waals surface area contributed by atoms with E-state index in [0.717, 1.165) is 22.3 Å². The van der Waals surface area contributed by atoms with Crippen molar-refractivity contribution in [2.75, 3.05) is 0 Å². The molecule has 1 aliphatic rings. The molecule has 0 saturated carbocycles. The lowest BCUT2D eigenvalue weighted by Gasteiger charge is -2.21. The zero-order chi connectivity index (χ0) is 32.2. The van der Waals surface area contributed by atoms with Crippen LogP contribution in [-0.4, -0.2) is 51.9 Å². The second kappa shape index (κ2) is 15.7. The Morgan fingerprint density at radius 3 is 1.64 bits per heavy atom. The van der Waals surface area contributed by atoms with Gasteiger partial charge >= 0.3 is 11.9 Å². The number of carboxylic acids is 1. The van der Waals surface area contributed by atoms with Crippen molar-refractivity contribution in [3.05, 3.63) is 115 Å². The van der Waals surface area contributed by atoms with E-state index in [1.165, 1.54) is 0 Å². The highest BCUT2D eigenvalue weighted by Gasteiger charge is 2.40. The smallest absolute Gasteiger partial charge is 0.327 e. The van der Waals surface area contributed by atoms with E-state index in [9.17, 15) is 33.9 Å². The second-order valence-electron chi connectivity index (χ2n) is 10.2. The minimum atomic E-state index is -1.46. The van der Waals surface area contributed by atoms with E-state index in [0.29, 0.717) is 22.5 Å². The molecule has 4 aromatic rings. The van der Waals surface area contributed by atoms with Gasteiger partial charge in [0.25, 0.3) is 0 Å². The van der Waals surface area contributed by atoms with Crippen LogP contribution in [0.2, 0.25) is 0 Å². The van der Waals surface area contributed by atoms with Gasteiger partial charge in [0, 0.05) is 31.2 Å². The number of Topliss-reactive ketones (excluding diaryl/α,β-unsaturated/α-hetero) is 1. The lowest BCUT2D eigenvalue weighted by molar-refractivity contribution is -0.154. The van der Waals surface area contributed by atoms with Crippen LogP contribution in [0.25, 0.3) is 22.3 Å². The predicted octanol–water partition coefficient (Wildman–Crippen LogP) is 5.77. The summed E-state index contributed by atoms with van der Waals surface area (Å²) in [6.07, 6.45) is 0.563. The lowest BCUT2D eigenvalue weighted by atomic mass is 9.99. The van der Waals surface area contributed by atoms with Gasteiger partial charge in [-0.3, -0.25) is 24.1 Å². The standard InChI is InChI=1S/C20H17NO5.C16H14O3/c22-17(12-16(20(25)26)21-18(23)10-11-19(21)24)15-8-6-14(7-9-15)13-4-2-1-3-5-13;17-12-4-7-16(18)19-15-10-8-14(9-11-15)13-5-2-1-3-6-13/h1-9,16H,10-12H2,(H,25,26);1-3,5-6,8-12H,4,7H2. The van der Waals surface area contributed by atoms with Gasteiger partial charge in [0.1, 0.15) is 18.1 Å². The summed E-state index contributed by atoms with van der Waals surface area (Å²) in [5, 5.41) is 9.36. The van der Waals surface area contributed by atoms with E-state index in [-0.39, 0.29) is 31.7 Å². The summed E-state index contributed by atoms with van der Waals surface area (Å²) < 4.78 is 5.11. The Hall–Kier alpha value is -5.70. The maximum Gasteiger partial charge on any atom is 0.327 e. The van der Waals surface area contributed by atoms with Crippen LogP contribution in [0.4, 0.5) is 0 Å². The molecule has 0 aromatic heterocycles. The Balaban J connectivity index is 0.000000215. The number of nitrogens with zero attached hydrogens (tertiary/aromatic N) is 1. The largest absolute Gasteiger partial charge is 0.480 e. The Morgan fingerprint density at radius 1 is 0.711 bits per heavy atom. The molecule has 1 fully saturated rings. The van der Waals surface area contributed by atoms with Crippen molar-refractivity contribution in [2.24, 2.45) is 0 Å². The Kier molecular flexibility index (Phi) is 11.2. The van der Waals surface area contributed by atoms with Crippen molar-refractivity contribution in [1.29, 1.82) is 0 Å². The highest BCUT2D eigenvalue weighted by atomic mass is 16.5. The van der Waals surface area contributed by atoms with E-state index in [1.807, 2.05) is 72.8 Å². The fraction of sp³-hybridized carbons (Fsp3) is 0.167. The number of rotatable bonds is 11. The van der Waals surface area contributed by atoms with Gasteiger partial charge in [0.2, 0.25) is 11.8 Å². The zero-order valence-corrected chi connectivity index (χ0v) is 24.3. The molecular formula is C36H31NO8. The molecular weight excluding hydrogens is 574 g/mol. The highest BCUT2D eigenvalue weighted by molar-refractivity contribution is 6.07. The number of ether oxygens (including phenoxy) is 1. The Morgan fingerprint density at radius 2 is 1.18 bits per heavy atom. The Bertz CT molecular complexity index is 1630. The molecule has 0 aliphatic carbocycles. The molecule has 228 valence electrons. The molecule has 45 heavy (non-hydrogen) atoms. The van der Waals surface area contributed by atoms with Crippen LogP contribution in [0.1, 0.15) is 42.5 Å². The quantitative estimate of drug-likeness (QED) is 0.0749. The second-order valence-corrected chi connectivity index (χ2v) is 10.2. The predicted molar refractivity (Wildman–Crippen MR) is 166 cm³/mol. The third kappa shape index (κ3) is 8.90. The average molecular weight is 606 g/mol. The van der Waals surface area contributed by atoms with Gasteiger partial charge in [-0.1, -0.05) is 97.1 Å². The number of carbonyl (C=O) groups is 6. The summed E-state index contributed by atoms with van der Waals surface area (Å²) in [7, 11) is 0. The molecule has 0 radical (unpaired) electrons. The van der Waals surface area contributed by atoms with Crippen LogP contribution in [0.15, 0.2) is 109 Å². The van der Waals surface area contributed by atoms with E-state index >= 15 is 0 Å². The van der Waals surface area contributed by atoms with Gasteiger partial charge < -0.3 is 14.6 Å². The van der Waals surface area contributed by atoms with E-state index in [4.69, 9.17) is 4.74 Å². The van der Waals surface area contributed by atoms with Gasteiger partial charge in [0.05, 0.1) is 6.42 Å². The summed E-state index contributed by atoms with van der Waals surface area (Å²) in [6.45, 7) is 0. The van der Waals surface area contributed by atoms with Crippen LogP contribution in [-0.2, 0) is 24.0 Å². The molecule has 9 heteroatoms. The normalized spacial score (nSPS) is 12.9. The first-order valence-electron chi connectivity index (χ1n) is 14.3. The highest BCUT2D eigenvalue weighted by Crippen LogP contribution is 2.24. The van der Waals surface area contributed by atoms with Crippen molar-refractivity contribution >= 4 is 35.8 Å². The third-order valence-electron chi connectivity index (χ3n) is 7.04. The Labute approximate surface area is 260 Å². The van der Waals surface area contributed by atoms with Crippen molar-refractivity contribution < 1.29 is 38.6 Å². The fourth-order valence-corrected chi connectivity index (χ4v) is 4.71. The number of esters is 1. The number of benzene rings is 4. The fourth-order valence-electron chi connectivity index (χ4n) is 4.71. The van der Waals surface area contributed by atoms with Crippen molar-refractivity contribution in [1.82, 2.24) is 4.90 Å². The lowest BCUT2D eigenvalue weighted by Crippen LogP contribution is -2.45. The third-order valence-corrected chi connectivity index (χ3v) is 7.04.